The maximum atomic E-state index is 6.78. The van der Waals surface area contributed by atoms with E-state index in [0.717, 1.165) is 0 Å². The molecule has 0 aliphatic heterocycles. The Bertz CT molecular complexity index is 1340. The van der Waals surface area contributed by atoms with E-state index in [0.29, 0.717) is 5.92 Å². The van der Waals surface area contributed by atoms with Gasteiger partial charge >= 0.3 is 0 Å². The number of hydrogen-bond donors (Lipinski definition) is 0. The van der Waals surface area contributed by atoms with Crippen molar-refractivity contribution in [3.63, 3.8) is 0 Å². The quantitative estimate of drug-likeness (QED) is 0.277. The van der Waals surface area contributed by atoms with E-state index in [9.17, 15) is 0 Å². The summed E-state index contributed by atoms with van der Waals surface area (Å²) in [4.78, 5) is 0. The van der Waals surface area contributed by atoms with E-state index in [1.54, 1.807) is 0 Å². The smallest absolute Gasteiger partial charge is 0.0391 e. The summed E-state index contributed by atoms with van der Waals surface area (Å²) in [7, 11) is 0. The first-order chi connectivity index (χ1) is 15.1. The van der Waals surface area contributed by atoms with Crippen molar-refractivity contribution < 1.29 is 0 Å². The molecule has 0 aromatic heterocycles. The average molecular weight is 437 g/mol. The van der Waals surface area contributed by atoms with Crippen molar-refractivity contribution in [1.29, 1.82) is 0 Å². The highest BCUT2D eigenvalue weighted by molar-refractivity contribution is 8.25. The van der Waals surface area contributed by atoms with Crippen LogP contribution in [-0.2, 0) is 11.8 Å². The topological polar surface area (TPSA) is 0 Å². The molecular weight excluding hydrogens is 411 g/mol. The zero-order chi connectivity index (χ0) is 21.4. The molecule has 0 saturated heterocycles. The molecule has 0 aliphatic rings. The zero-order valence-electron chi connectivity index (χ0n) is 17.8. The van der Waals surface area contributed by atoms with Gasteiger partial charge in [0.25, 0.3) is 0 Å². The fourth-order valence-electron chi connectivity index (χ4n) is 4.44. The van der Waals surface area contributed by atoms with E-state index in [1.165, 1.54) is 43.0 Å². The maximum Gasteiger partial charge on any atom is 0.0391 e. The van der Waals surface area contributed by atoms with Crippen molar-refractivity contribution in [2.75, 3.05) is 0 Å². The van der Waals surface area contributed by atoms with Crippen molar-refractivity contribution >= 4 is 55.3 Å². The predicted octanol–water partition coefficient (Wildman–Crippen LogP) is 6.87. The minimum absolute atomic E-state index is 0.502. The van der Waals surface area contributed by atoms with Crippen LogP contribution < -0.4 is 15.9 Å². The van der Waals surface area contributed by atoms with E-state index in [-0.39, 0.29) is 0 Å². The van der Waals surface area contributed by atoms with Gasteiger partial charge in [-0.25, -0.2) is 0 Å². The van der Waals surface area contributed by atoms with E-state index in [1.807, 2.05) is 0 Å². The molecule has 5 rings (SSSR count). The third-order valence-corrected chi connectivity index (χ3v) is 11.1. The highest BCUT2D eigenvalue weighted by Crippen LogP contribution is 2.46. The number of hydrogen-bond acceptors (Lipinski definition) is 1. The molecule has 0 radical (unpaired) electrons. The second kappa shape index (κ2) is 8.08. The molecule has 5 aromatic carbocycles. The van der Waals surface area contributed by atoms with Crippen molar-refractivity contribution in [3.05, 3.63) is 115 Å². The molecule has 0 heterocycles. The molecule has 0 bridgehead atoms. The first kappa shape index (κ1) is 20.2. The van der Waals surface area contributed by atoms with Crippen LogP contribution in [0.15, 0.2) is 109 Å². The Kier molecular flexibility index (Phi) is 5.26. The number of fused-ring (bicyclic) bond motifs is 2. The van der Waals surface area contributed by atoms with Gasteiger partial charge in [0.2, 0.25) is 0 Å². The van der Waals surface area contributed by atoms with Crippen molar-refractivity contribution in [3.8, 4) is 0 Å². The monoisotopic (exact) mass is 436 g/mol. The minimum Gasteiger partial charge on any atom is -0.0826 e. The highest BCUT2D eigenvalue weighted by atomic mass is 32.4. The van der Waals surface area contributed by atoms with Gasteiger partial charge in [-0.1, -0.05) is 135 Å². The van der Waals surface area contributed by atoms with Gasteiger partial charge in [0.1, 0.15) is 0 Å². The average Bonchev–Trinajstić information content (AvgIpc) is 2.83. The highest BCUT2D eigenvalue weighted by Gasteiger charge is 2.28. The van der Waals surface area contributed by atoms with Crippen LogP contribution in [0.3, 0.4) is 0 Å². The Balaban J connectivity index is 1.88. The molecule has 0 amide bonds. The first-order valence-corrected chi connectivity index (χ1v) is 13.6. The summed E-state index contributed by atoms with van der Waals surface area (Å²) in [5.74, 6) is 0.502. The molecular formula is C29H25PS. The molecule has 152 valence electrons. The Hall–Kier alpha value is -2.73. The summed E-state index contributed by atoms with van der Waals surface area (Å²) in [5.41, 5.74) is 1.35. The Labute approximate surface area is 189 Å². The summed E-state index contributed by atoms with van der Waals surface area (Å²) >= 11 is 6.78. The van der Waals surface area contributed by atoms with Crippen LogP contribution in [0.5, 0.6) is 0 Å². The van der Waals surface area contributed by atoms with Gasteiger partial charge in [-0.15, -0.1) is 0 Å². The molecule has 31 heavy (non-hydrogen) atoms. The van der Waals surface area contributed by atoms with Crippen molar-refractivity contribution in [2.24, 2.45) is 0 Å². The van der Waals surface area contributed by atoms with E-state index in [2.05, 4.69) is 123 Å². The molecule has 0 nitrogen and oxygen atoms in total. The number of rotatable bonds is 4. The molecule has 0 aliphatic carbocycles. The largest absolute Gasteiger partial charge is 0.0826 e. The SMILES string of the molecule is CC(C)c1ccc(P(=S)(c2cccc3ccccc23)c2cccc3ccccc23)cc1. The van der Waals surface area contributed by atoms with Crippen LogP contribution in [0.2, 0.25) is 0 Å². The zero-order valence-corrected chi connectivity index (χ0v) is 19.5. The Morgan fingerprint density at radius 2 is 1.00 bits per heavy atom. The third kappa shape index (κ3) is 3.43. The van der Waals surface area contributed by atoms with Gasteiger partial charge < -0.3 is 0 Å². The van der Waals surface area contributed by atoms with Gasteiger partial charge in [-0.2, -0.15) is 0 Å². The Morgan fingerprint density at radius 1 is 0.548 bits per heavy atom. The standard InChI is InChI=1S/C29H25PS/c1-21(2)22-17-19-25(20-18-22)30(31,28-15-7-11-23-9-3-5-13-26(23)28)29-16-8-12-24-10-4-6-14-27(24)29/h3-21H,1-2H3. The van der Waals surface area contributed by atoms with Gasteiger partial charge in [0, 0.05) is 16.6 Å². The molecule has 5 aromatic rings. The van der Waals surface area contributed by atoms with Crippen LogP contribution in [0.1, 0.15) is 25.3 Å². The molecule has 0 saturated carbocycles. The summed E-state index contributed by atoms with van der Waals surface area (Å²) in [6.07, 6.45) is 0. The minimum atomic E-state index is -2.28. The summed E-state index contributed by atoms with van der Waals surface area (Å²) in [5, 5.41) is 8.80. The second-order valence-corrected chi connectivity index (χ2v) is 12.7. The molecule has 0 atom stereocenters. The fourth-order valence-corrected chi connectivity index (χ4v) is 8.83. The molecule has 0 N–H and O–H groups in total. The van der Waals surface area contributed by atoms with Crippen molar-refractivity contribution in [2.45, 2.75) is 19.8 Å². The molecule has 2 heteroatoms. The van der Waals surface area contributed by atoms with E-state index < -0.39 is 6.04 Å². The lowest BCUT2D eigenvalue weighted by atomic mass is 10.0. The van der Waals surface area contributed by atoms with Gasteiger partial charge in [-0.05, 0) is 38.3 Å². The summed E-state index contributed by atoms with van der Waals surface area (Å²) in [6.45, 7) is 4.47. The molecule has 0 spiro atoms. The van der Waals surface area contributed by atoms with Crippen LogP contribution in [0.4, 0.5) is 0 Å². The first-order valence-electron chi connectivity index (χ1n) is 10.8. The van der Waals surface area contributed by atoms with Gasteiger partial charge in [-0.3, -0.25) is 0 Å². The van der Waals surface area contributed by atoms with Crippen LogP contribution in [-0.4, -0.2) is 0 Å². The van der Waals surface area contributed by atoms with Crippen LogP contribution in [0, 0.1) is 0 Å². The lowest BCUT2D eigenvalue weighted by Gasteiger charge is -2.27. The fraction of sp³-hybridized carbons (Fsp3) is 0.103. The summed E-state index contributed by atoms with van der Waals surface area (Å²) in [6, 6.07) is 37.2. The van der Waals surface area contributed by atoms with Gasteiger partial charge in [0.15, 0.2) is 0 Å². The summed E-state index contributed by atoms with van der Waals surface area (Å²) < 4.78 is 0. The van der Waals surface area contributed by atoms with Crippen molar-refractivity contribution in [1.82, 2.24) is 0 Å². The van der Waals surface area contributed by atoms with E-state index >= 15 is 0 Å². The Morgan fingerprint density at radius 3 is 1.48 bits per heavy atom. The third-order valence-electron chi connectivity index (χ3n) is 6.14. The van der Waals surface area contributed by atoms with E-state index in [4.69, 9.17) is 11.8 Å². The van der Waals surface area contributed by atoms with Crippen LogP contribution >= 0.6 is 6.04 Å². The normalized spacial score (nSPS) is 12.0. The molecule has 0 unspecified atom stereocenters. The van der Waals surface area contributed by atoms with Gasteiger partial charge in [0.05, 0.1) is 0 Å². The maximum absolute atomic E-state index is 6.78. The number of benzene rings is 5. The predicted molar refractivity (Wildman–Crippen MR) is 142 cm³/mol. The second-order valence-electron chi connectivity index (χ2n) is 8.35. The lowest BCUT2D eigenvalue weighted by Crippen LogP contribution is -2.26. The van der Waals surface area contributed by atoms with Crippen LogP contribution in [0.25, 0.3) is 21.5 Å². The molecule has 0 fully saturated rings. The lowest BCUT2D eigenvalue weighted by molar-refractivity contribution is 0.867.